The van der Waals surface area contributed by atoms with Gasteiger partial charge < -0.3 is 10.3 Å². The first-order chi connectivity index (χ1) is 9.58. The Labute approximate surface area is 115 Å². The summed E-state index contributed by atoms with van der Waals surface area (Å²) in [5.41, 5.74) is 0.476. The molecule has 0 aliphatic rings. The van der Waals surface area contributed by atoms with Crippen LogP contribution in [0.15, 0.2) is 24.5 Å². The lowest BCUT2D eigenvalue weighted by Gasteiger charge is -2.08. The van der Waals surface area contributed by atoms with Crippen molar-refractivity contribution in [3.63, 3.8) is 0 Å². The Morgan fingerprint density at radius 3 is 2.95 bits per heavy atom. The van der Waals surface area contributed by atoms with Crippen molar-refractivity contribution in [2.75, 3.05) is 11.9 Å². The van der Waals surface area contributed by atoms with Crippen LogP contribution in [0.4, 0.5) is 15.8 Å². The molecule has 0 radical (unpaired) electrons. The summed E-state index contributed by atoms with van der Waals surface area (Å²) < 4.78 is 13.3. The number of aromatic nitrogens is 2. The van der Waals surface area contributed by atoms with E-state index < -0.39 is 10.7 Å². The summed E-state index contributed by atoms with van der Waals surface area (Å²) in [6, 6.07) is 2.41. The van der Waals surface area contributed by atoms with Crippen molar-refractivity contribution in [3.8, 4) is 0 Å². The number of hydrogen-bond acceptors (Lipinski definition) is 4. The quantitative estimate of drug-likeness (QED) is 0.483. The van der Waals surface area contributed by atoms with Crippen LogP contribution in [0.1, 0.15) is 17.8 Å². The lowest BCUT2D eigenvalue weighted by Crippen LogP contribution is -2.06. The fraction of sp³-hybridized carbons (Fsp3) is 0.308. The van der Waals surface area contributed by atoms with Crippen molar-refractivity contribution >= 4 is 11.4 Å². The van der Waals surface area contributed by atoms with E-state index in [2.05, 4.69) is 15.3 Å². The van der Waals surface area contributed by atoms with Gasteiger partial charge in [0.05, 0.1) is 11.0 Å². The summed E-state index contributed by atoms with van der Waals surface area (Å²) in [5.74, 6) is 0.300. The number of nitrogens with one attached hydrogen (secondary N) is 2. The van der Waals surface area contributed by atoms with Gasteiger partial charge in [-0.1, -0.05) is 0 Å². The van der Waals surface area contributed by atoms with Crippen molar-refractivity contribution in [2.45, 2.75) is 19.8 Å². The zero-order valence-corrected chi connectivity index (χ0v) is 11.0. The van der Waals surface area contributed by atoms with E-state index >= 15 is 0 Å². The number of rotatable bonds is 6. The minimum atomic E-state index is -0.586. The van der Waals surface area contributed by atoms with Gasteiger partial charge in [-0.15, -0.1) is 0 Å². The summed E-state index contributed by atoms with van der Waals surface area (Å²) in [4.78, 5) is 17.4. The molecule has 1 aromatic heterocycles. The van der Waals surface area contributed by atoms with E-state index in [1.54, 1.807) is 19.3 Å². The van der Waals surface area contributed by atoms with E-state index in [-0.39, 0.29) is 5.69 Å². The van der Waals surface area contributed by atoms with Gasteiger partial charge >= 0.3 is 0 Å². The van der Waals surface area contributed by atoms with Crippen LogP contribution in [0, 0.1) is 22.9 Å². The number of nitro benzene ring substituents is 1. The van der Waals surface area contributed by atoms with E-state index in [0.717, 1.165) is 24.7 Å². The second-order valence-corrected chi connectivity index (χ2v) is 4.44. The maximum absolute atomic E-state index is 13.3. The number of aryl methyl sites for hydroxylation is 2. The fourth-order valence-corrected chi connectivity index (χ4v) is 1.88. The zero-order chi connectivity index (χ0) is 14.5. The topological polar surface area (TPSA) is 83.8 Å². The summed E-state index contributed by atoms with van der Waals surface area (Å²) in [6.45, 7) is 2.12. The van der Waals surface area contributed by atoms with Crippen LogP contribution in [-0.4, -0.2) is 21.4 Å². The molecule has 0 aliphatic carbocycles. The standard InChI is InChI=1S/C13H15FN4O2/c1-9-7-11(12(18(19)20)8-10(9)14)15-4-2-3-13-16-5-6-17-13/h5-8,15H,2-4H2,1H3,(H,16,17). The second kappa shape index (κ2) is 6.14. The Kier molecular flexibility index (Phi) is 4.29. The number of nitrogens with zero attached hydrogens (tertiary/aromatic N) is 2. The molecular weight excluding hydrogens is 263 g/mol. The Balaban J connectivity index is 1.98. The average Bonchev–Trinajstić information content (AvgIpc) is 2.91. The molecule has 0 amide bonds. The highest BCUT2D eigenvalue weighted by molar-refractivity contribution is 5.63. The smallest absolute Gasteiger partial charge is 0.295 e. The second-order valence-electron chi connectivity index (χ2n) is 4.44. The van der Waals surface area contributed by atoms with Crippen LogP contribution in [0.2, 0.25) is 0 Å². The third kappa shape index (κ3) is 3.31. The van der Waals surface area contributed by atoms with Gasteiger partial charge in [0.2, 0.25) is 0 Å². The van der Waals surface area contributed by atoms with E-state index in [4.69, 9.17) is 0 Å². The van der Waals surface area contributed by atoms with Gasteiger partial charge in [-0.2, -0.15) is 0 Å². The predicted molar refractivity (Wildman–Crippen MR) is 73.2 cm³/mol. The van der Waals surface area contributed by atoms with Crippen molar-refractivity contribution in [3.05, 3.63) is 51.8 Å². The van der Waals surface area contributed by atoms with Crippen molar-refractivity contribution in [2.24, 2.45) is 0 Å². The summed E-state index contributed by atoms with van der Waals surface area (Å²) >= 11 is 0. The highest BCUT2D eigenvalue weighted by atomic mass is 19.1. The number of benzene rings is 1. The largest absolute Gasteiger partial charge is 0.379 e. The first-order valence-electron chi connectivity index (χ1n) is 6.24. The molecule has 20 heavy (non-hydrogen) atoms. The molecule has 106 valence electrons. The SMILES string of the molecule is Cc1cc(NCCCc2ncc[nH]2)c([N+](=O)[O-])cc1F. The van der Waals surface area contributed by atoms with Gasteiger partial charge in [-0.05, 0) is 25.0 Å². The molecule has 0 saturated heterocycles. The van der Waals surface area contributed by atoms with Crippen LogP contribution >= 0.6 is 0 Å². The molecule has 0 saturated carbocycles. The highest BCUT2D eigenvalue weighted by Crippen LogP contribution is 2.27. The lowest BCUT2D eigenvalue weighted by atomic mass is 10.1. The number of hydrogen-bond donors (Lipinski definition) is 2. The molecule has 1 aromatic carbocycles. The first-order valence-corrected chi connectivity index (χ1v) is 6.24. The van der Waals surface area contributed by atoms with Crippen molar-refractivity contribution in [1.82, 2.24) is 9.97 Å². The molecular formula is C13H15FN4O2. The molecule has 0 unspecified atom stereocenters. The van der Waals surface area contributed by atoms with Gasteiger partial charge in [0.15, 0.2) is 0 Å². The Morgan fingerprint density at radius 1 is 1.50 bits per heavy atom. The molecule has 0 bridgehead atoms. The van der Waals surface area contributed by atoms with Crippen LogP contribution in [-0.2, 0) is 6.42 Å². The van der Waals surface area contributed by atoms with E-state index in [1.165, 1.54) is 6.07 Å². The molecule has 7 heteroatoms. The van der Waals surface area contributed by atoms with Crippen LogP contribution in [0.5, 0.6) is 0 Å². The Hall–Kier alpha value is -2.44. The van der Waals surface area contributed by atoms with E-state index in [9.17, 15) is 14.5 Å². The van der Waals surface area contributed by atoms with Gasteiger partial charge in [0.25, 0.3) is 5.69 Å². The van der Waals surface area contributed by atoms with Crippen molar-refractivity contribution in [1.29, 1.82) is 0 Å². The Morgan fingerprint density at radius 2 is 2.30 bits per heavy atom. The molecule has 0 fully saturated rings. The molecule has 2 N–H and O–H groups in total. The van der Waals surface area contributed by atoms with Crippen LogP contribution in [0.25, 0.3) is 0 Å². The Bertz CT molecular complexity index is 599. The molecule has 1 heterocycles. The minimum Gasteiger partial charge on any atom is -0.379 e. The van der Waals surface area contributed by atoms with E-state index in [0.29, 0.717) is 17.8 Å². The van der Waals surface area contributed by atoms with Gasteiger partial charge in [0, 0.05) is 25.4 Å². The summed E-state index contributed by atoms with van der Waals surface area (Å²) in [5, 5.41) is 13.9. The number of halogens is 1. The van der Waals surface area contributed by atoms with Crippen LogP contribution in [0.3, 0.4) is 0 Å². The first kappa shape index (κ1) is 14.0. The van der Waals surface area contributed by atoms with E-state index in [1.807, 2.05) is 0 Å². The number of anilines is 1. The predicted octanol–water partition coefficient (Wildman–Crippen LogP) is 2.81. The normalized spacial score (nSPS) is 10.5. The maximum Gasteiger partial charge on any atom is 0.295 e. The molecule has 6 nitrogen and oxygen atoms in total. The van der Waals surface area contributed by atoms with Gasteiger partial charge in [0.1, 0.15) is 17.3 Å². The molecule has 0 atom stereocenters. The lowest BCUT2D eigenvalue weighted by molar-refractivity contribution is -0.384. The molecule has 0 spiro atoms. The number of aromatic amines is 1. The van der Waals surface area contributed by atoms with Crippen LogP contribution < -0.4 is 5.32 Å². The number of nitro groups is 1. The average molecular weight is 278 g/mol. The van der Waals surface area contributed by atoms with Gasteiger partial charge in [-0.25, -0.2) is 9.37 Å². The summed E-state index contributed by atoms with van der Waals surface area (Å²) in [7, 11) is 0. The summed E-state index contributed by atoms with van der Waals surface area (Å²) in [6.07, 6.45) is 4.93. The van der Waals surface area contributed by atoms with Gasteiger partial charge in [-0.3, -0.25) is 10.1 Å². The molecule has 2 aromatic rings. The maximum atomic E-state index is 13.3. The van der Waals surface area contributed by atoms with Crippen molar-refractivity contribution < 1.29 is 9.31 Å². The monoisotopic (exact) mass is 278 g/mol. The number of H-pyrrole nitrogens is 1. The minimum absolute atomic E-state index is 0.244. The molecule has 2 rings (SSSR count). The zero-order valence-electron chi connectivity index (χ0n) is 11.0. The molecule has 0 aliphatic heterocycles. The fourth-order valence-electron chi connectivity index (χ4n) is 1.88. The highest BCUT2D eigenvalue weighted by Gasteiger charge is 2.16. The number of imidazole rings is 1. The third-order valence-electron chi connectivity index (χ3n) is 2.93. The third-order valence-corrected chi connectivity index (χ3v) is 2.93.